The average Bonchev–Trinajstić information content (AvgIpc) is 2.70. The van der Waals surface area contributed by atoms with Crippen LogP contribution in [-0.2, 0) is 21.2 Å². The summed E-state index contributed by atoms with van der Waals surface area (Å²) in [7, 11) is -3.67. The van der Waals surface area contributed by atoms with Crippen LogP contribution in [0.2, 0.25) is 5.02 Å². The normalized spacial score (nSPS) is 17.6. The van der Waals surface area contributed by atoms with Gasteiger partial charge in [0.2, 0.25) is 15.9 Å². The van der Waals surface area contributed by atoms with E-state index in [1.54, 1.807) is 36.4 Å². The van der Waals surface area contributed by atoms with Crippen molar-refractivity contribution in [2.24, 2.45) is 5.92 Å². The molecule has 0 unspecified atom stereocenters. The highest BCUT2D eigenvalue weighted by atomic mass is 35.5. The number of hydrogen-bond donors (Lipinski definition) is 1. The van der Waals surface area contributed by atoms with E-state index in [1.807, 2.05) is 0 Å². The van der Waals surface area contributed by atoms with Crippen molar-refractivity contribution < 1.29 is 13.2 Å². The number of nitrogens with zero attached hydrogens (tertiary/aromatic N) is 2. The maximum absolute atomic E-state index is 12.8. The highest BCUT2D eigenvalue weighted by Gasteiger charge is 2.33. The van der Waals surface area contributed by atoms with Crippen LogP contribution < -0.4 is 5.32 Å². The fourth-order valence-corrected chi connectivity index (χ4v) is 4.82. The fraction of sp³-hybridized carbons (Fsp3) is 0.300. The predicted octanol–water partition coefficient (Wildman–Crippen LogP) is 3.45. The lowest BCUT2D eigenvalue weighted by molar-refractivity contribution is -0.120. The topological polar surface area (TPSA) is 90.3 Å². The first-order valence-corrected chi connectivity index (χ1v) is 10.7. The summed E-state index contributed by atoms with van der Waals surface area (Å²) in [5.41, 5.74) is 1.50. The zero-order valence-corrected chi connectivity index (χ0v) is 16.7. The number of amides is 1. The number of nitriles is 1. The molecular weight excluding hydrogens is 398 g/mol. The molecule has 8 heteroatoms. The Labute approximate surface area is 169 Å². The standard InChI is InChI=1S/C20H20ClN3O3S/c21-17-5-9-19(10-6-17)28(26,27)24-13-1-2-16(14-24)20(25)23-18-7-3-15(4-8-18)11-12-22/h3-10,16H,1-2,11,13-14H2,(H,23,25)/t16-/m0/s1. The Morgan fingerprint density at radius 3 is 2.50 bits per heavy atom. The van der Waals surface area contributed by atoms with Gasteiger partial charge in [0.1, 0.15) is 0 Å². The molecule has 1 amide bonds. The molecule has 0 saturated carbocycles. The number of piperidine rings is 1. The molecule has 1 atom stereocenters. The molecule has 0 aromatic heterocycles. The second-order valence-corrected chi connectivity index (χ2v) is 9.05. The van der Waals surface area contributed by atoms with Gasteiger partial charge in [0.15, 0.2) is 0 Å². The average molecular weight is 418 g/mol. The number of benzene rings is 2. The molecule has 1 saturated heterocycles. The van der Waals surface area contributed by atoms with Crippen LogP contribution in [0.1, 0.15) is 18.4 Å². The van der Waals surface area contributed by atoms with Crippen LogP contribution in [-0.4, -0.2) is 31.7 Å². The third kappa shape index (κ3) is 4.71. The van der Waals surface area contributed by atoms with Gasteiger partial charge in [-0.2, -0.15) is 9.57 Å². The second-order valence-electron chi connectivity index (χ2n) is 6.68. The summed E-state index contributed by atoms with van der Waals surface area (Å²) in [5, 5.41) is 12.0. The summed E-state index contributed by atoms with van der Waals surface area (Å²) in [6.45, 7) is 0.529. The molecule has 6 nitrogen and oxygen atoms in total. The molecule has 0 radical (unpaired) electrons. The quantitative estimate of drug-likeness (QED) is 0.806. The van der Waals surface area contributed by atoms with Crippen LogP contribution in [0, 0.1) is 17.2 Å². The van der Waals surface area contributed by atoms with Crippen molar-refractivity contribution in [3.8, 4) is 6.07 Å². The Morgan fingerprint density at radius 2 is 1.86 bits per heavy atom. The molecule has 2 aromatic rings. The Bertz CT molecular complexity index is 983. The van der Waals surface area contributed by atoms with E-state index in [2.05, 4.69) is 11.4 Å². The summed E-state index contributed by atoms with van der Waals surface area (Å²) in [6, 6.07) is 15.2. The summed E-state index contributed by atoms with van der Waals surface area (Å²) in [5.74, 6) is -0.626. The summed E-state index contributed by atoms with van der Waals surface area (Å²) < 4.78 is 27.1. The first-order chi connectivity index (χ1) is 13.4. The molecule has 1 aliphatic heterocycles. The molecule has 0 bridgehead atoms. The predicted molar refractivity (Wildman–Crippen MR) is 107 cm³/mol. The Kier molecular flexibility index (Phi) is 6.35. The van der Waals surface area contributed by atoms with Gasteiger partial charge >= 0.3 is 0 Å². The minimum absolute atomic E-state index is 0.142. The van der Waals surface area contributed by atoms with Crippen LogP contribution in [0.15, 0.2) is 53.4 Å². The highest BCUT2D eigenvalue weighted by molar-refractivity contribution is 7.89. The lowest BCUT2D eigenvalue weighted by atomic mass is 9.98. The van der Waals surface area contributed by atoms with Gasteiger partial charge in [-0.05, 0) is 54.8 Å². The van der Waals surface area contributed by atoms with Crippen molar-refractivity contribution >= 4 is 33.2 Å². The van der Waals surface area contributed by atoms with E-state index in [0.717, 1.165) is 5.56 Å². The Morgan fingerprint density at radius 1 is 1.18 bits per heavy atom. The van der Waals surface area contributed by atoms with Gasteiger partial charge in [-0.1, -0.05) is 23.7 Å². The maximum atomic E-state index is 12.8. The lowest BCUT2D eigenvalue weighted by Crippen LogP contribution is -2.43. The number of halogens is 1. The number of sulfonamides is 1. The first-order valence-electron chi connectivity index (χ1n) is 8.92. The molecule has 1 N–H and O–H groups in total. The van der Waals surface area contributed by atoms with Gasteiger partial charge in [-0.15, -0.1) is 0 Å². The van der Waals surface area contributed by atoms with Gasteiger partial charge in [0.05, 0.1) is 23.3 Å². The van der Waals surface area contributed by atoms with Gasteiger partial charge in [-0.25, -0.2) is 8.42 Å². The van der Waals surface area contributed by atoms with E-state index in [1.165, 1.54) is 16.4 Å². The molecule has 1 aliphatic rings. The third-order valence-electron chi connectivity index (χ3n) is 4.71. The van der Waals surface area contributed by atoms with Crippen LogP contribution in [0.3, 0.4) is 0 Å². The monoisotopic (exact) mass is 417 g/mol. The fourth-order valence-electron chi connectivity index (χ4n) is 3.17. The summed E-state index contributed by atoms with van der Waals surface area (Å²) >= 11 is 5.84. The third-order valence-corrected chi connectivity index (χ3v) is 6.84. The smallest absolute Gasteiger partial charge is 0.243 e. The van der Waals surface area contributed by atoms with Crippen molar-refractivity contribution in [2.75, 3.05) is 18.4 Å². The van der Waals surface area contributed by atoms with E-state index < -0.39 is 15.9 Å². The highest BCUT2D eigenvalue weighted by Crippen LogP contribution is 2.25. The number of carbonyl (C=O) groups is 1. The lowest BCUT2D eigenvalue weighted by Gasteiger charge is -2.31. The van der Waals surface area contributed by atoms with Gasteiger partial charge in [0.25, 0.3) is 0 Å². The van der Waals surface area contributed by atoms with Crippen LogP contribution in [0.25, 0.3) is 0 Å². The zero-order valence-electron chi connectivity index (χ0n) is 15.1. The molecule has 146 valence electrons. The molecule has 28 heavy (non-hydrogen) atoms. The molecule has 0 aliphatic carbocycles. The van der Waals surface area contributed by atoms with E-state index >= 15 is 0 Å². The van der Waals surface area contributed by atoms with E-state index in [4.69, 9.17) is 16.9 Å². The van der Waals surface area contributed by atoms with E-state index in [0.29, 0.717) is 36.5 Å². The van der Waals surface area contributed by atoms with Crippen LogP contribution in [0.5, 0.6) is 0 Å². The van der Waals surface area contributed by atoms with Crippen molar-refractivity contribution in [1.82, 2.24) is 4.31 Å². The molecule has 1 heterocycles. The largest absolute Gasteiger partial charge is 0.326 e. The molecule has 3 rings (SSSR count). The number of hydrogen-bond acceptors (Lipinski definition) is 4. The van der Waals surface area contributed by atoms with Crippen LogP contribution >= 0.6 is 11.6 Å². The molecule has 0 spiro atoms. The van der Waals surface area contributed by atoms with Crippen molar-refractivity contribution in [3.63, 3.8) is 0 Å². The number of rotatable bonds is 5. The van der Waals surface area contributed by atoms with Crippen molar-refractivity contribution in [3.05, 3.63) is 59.1 Å². The SMILES string of the molecule is N#CCc1ccc(NC(=O)[C@H]2CCCN(S(=O)(=O)c3ccc(Cl)cc3)C2)cc1. The summed E-state index contributed by atoms with van der Waals surface area (Å²) in [4.78, 5) is 12.8. The maximum Gasteiger partial charge on any atom is 0.243 e. The summed E-state index contributed by atoms with van der Waals surface area (Å²) in [6.07, 6.45) is 1.56. The van der Waals surface area contributed by atoms with Gasteiger partial charge in [-0.3, -0.25) is 4.79 Å². The number of carbonyl (C=O) groups excluding carboxylic acids is 1. The first kappa shape index (κ1) is 20.3. The molecule has 1 fully saturated rings. The van der Waals surface area contributed by atoms with Gasteiger partial charge in [0, 0.05) is 23.8 Å². The Balaban J connectivity index is 1.67. The van der Waals surface area contributed by atoms with Crippen molar-refractivity contribution in [1.29, 1.82) is 5.26 Å². The minimum atomic E-state index is -3.67. The molecule has 2 aromatic carbocycles. The van der Waals surface area contributed by atoms with E-state index in [9.17, 15) is 13.2 Å². The minimum Gasteiger partial charge on any atom is -0.326 e. The van der Waals surface area contributed by atoms with Crippen LogP contribution in [0.4, 0.5) is 5.69 Å². The zero-order chi connectivity index (χ0) is 20.1. The number of nitrogens with one attached hydrogen (secondary N) is 1. The van der Waals surface area contributed by atoms with E-state index in [-0.39, 0.29) is 17.3 Å². The van der Waals surface area contributed by atoms with Crippen molar-refractivity contribution in [2.45, 2.75) is 24.2 Å². The van der Waals surface area contributed by atoms with Gasteiger partial charge < -0.3 is 5.32 Å². The number of anilines is 1. The molecular formula is C20H20ClN3O3S. The Hall–Kier alpha value is -2.40. The second kappa shape index (κ2) is 8.74.